The lowest BCUT2D eigenvalue weighted by Gasteiger charge is -2.12. The van der Waals surface area contributed by atoms with Crippen molar-refractivity contribution in [2.24, 2.45) is 5.73 Å². The van der Waals surface area contributed by atoms with Crippen LogP contribution in [0, 0.1) is 0 Å². The Kier molecular flexibility index (Phi) is 5.58. The highest BCUT2D eigenvalue weighted by Crippen LogP contribution is 2.17. The monoisotopic (exact) mass is 302 g/mol. The summed E-state index contributed by atoms with van der Waals surface area (Å²) in [6, 6.07) is 3.77. The van der Waals surface area contributed by atoms with Gasteiger partial charge in [-0.05, 0) is 25.1 Å². The highest BCUT2D eigenvalue weighted by Gasteiger charge is 2.20. The lowest BCUT2D eigenvalue weighted by molar-refractivity contribution is -0.127. The van der Waals surface area contributed by atoms with E-state index in [4.69, 9.17) is 10.5 Å². The second-order valence-corrected chi connectivity index (χ2v) is 3.81. The number of hydrogen-bond acceptors (Lipinski definition) is 5. The highest BCUT2D eigenvalue weighted by atomic mass is 19.3. The number of amides is 3. The summed E-state index contributed by atoms with van der Waals surface area (Å²) in [6.45, 7) is -1.81. The van der Waals surface area contributed by atoms with Crippen LogP contribution in [0.3, 0.4) is 0 Å². The fraction of sp³-hybridized carbons (Fsp3) is 0.250. The van der Waals surface area contributed by atoms with Crippen molar-refractivity contribution in [1.29, 1.82) is 0 Å². The quantitative estimate of drug-likeness (QED) is 0.790. The Labute approximate surface area is 118 Å². The van der Waals surface area contributed by atoms with Gasteiger partial charge in [0.15, 0.2) is 6.10 Å². The van der Waals surface area contributed by atoms with Gasteiger partial charge in [-0.3, -0.25) is 10.1 Å². The minimum atomic E-state index is -3.03. The Bertz CT molecular complexity index is 550. The molecule has 114 valence electrons. The average Bonchev–Trinajstić information content (AvgIpc) is 2.37. The molecule has 0 heterocycles. The molecule has 7 nitrogen and oxygen atoms in total. The molecule has 0 saturated carbocycles. The fourth-order valence-corrected chi connectivity index (χ4v) is 1.30. The third-order valence-electron chi connectivity index (χ3n) is 2.19. The summed E-state index contributed by atoms with van der Waals surface area (Å²) in [7, 11) is 0. The molecule has 0 aliphatic heterocycles. The van der Waals surface area contributed by atoms with Crippen molar-refractivity contribution in [2.75, 3.05) is 0 Å². The van der Waals surface area contributed by atoms with Gasteiger partial charge in [0.25, 0.3) is 5.91 Å². The Morgan fingerprint density at radius 1 is 1.29 bits per heavy atom. The third kappa shape index (κ3) is 5.43. The molecule has 1 aromatic rings. The summed E-state index contributed by atoms with van der Waals surface area (Å²) in [4.78, 5) is 33.5. The number of primary amides is 1. The number of nitrogens with two attached hydrogens (primary N) is 1. The van der Waals surface area contributed by atoms with Crippen LogP contribution in [-0.4, -0.2) is 30.6 Å². The van der Waals surface area contributed by atoms with Gasteiger partial charge in [0.05, 0.1) is 5.56 Å². The van der Waals surface area contributed by atoms with E-state index < -0.39 is 30.6 Å². The van der Waals surface area contributed by atoms with Gasteiger partial charge in [0.1, 0.15) is 5.75 Å². The van der Waals surface area contributed by atoms with Crippen molar-refractivity contribution in [3.63, 3.8) is 0 Å². The van der Waals surface area contributed by atoms with Crippen LogP contribution in [0.25, 0.3) is 0 Å². The van der Waals surface area contributed by atoms with Crippen molar-refractivity contribution in [3.05, 3.63) is 29.8 Å². The van der Waals surface area contributed by atoms with E-state index in [0.29, 0.717) is 0 Å². The largest absolute Gasteiger partial charge is 0.449 e. The predicted molar refractivity (Wildman–Crippen MR) is 65.7 cm³/mol. The maximum atomic E-state index is 12.1. The number of alkyl halides is 2. The van der Waals surface area contributed by atoms with E-state index in [1.165, 1.54) is 25.1 Å². The molecule has 0 saturated heterocycles. The molecule has 1 aromatic carbocycles. The van der Waals surface area contributed by atoms with Gasteiger partial charge in [-0.1, -0.05) is 6.07 Å². The zero-order valence-corrected chi connectivity index (χ0v) is 10.8. The molecule has 21 heavy (non-hydrogen) atoms. The topological polar surface area (TPSA) is 108 Å². The Morgan fingerprint density at radius 3 is 2.52 bits per heavy atom. The second kappa shape index (κ2) is 7.17. The number of benzene rings is 1. The molecule has 1 unspecified atom stereocenters. The molecule has 0 aliphatic rings. The van der Waals surface area contributed by atoms with Crippen LogP contribution >= 0.6 is 0 Å². The van der Waals surface area contributed by atoms with E-state index in [9.17, 15) is 23.2 Å². The number of nitrogens with one attached hydrogen (secondary N) is 1. The molecule has 0 aromatic heterocycles. The maximum absolute atomic E-state index is 12.1. The summed E-state index contributed by atoms with van der Waals surface area (Å²) in [5.74, 6) is -2.08. The number of imide groups is 1. The molecular formula is C12H12F2N2O5. The Balaban J connectivity index is 2.71. The number of halogens is 2. The number of ether oxygens (including phenoxy) is 2. The molecule has 0 bridgehead atoms. The zero-order chi connectivity index (χ0) is 16.0. The molecule has 1 rings (SSSR count). The molecule has 0 spiro atoms. The first-order chi connectivity index (χ1) is 9.79. The maximum Gasteiger partial charge on any atom is 0.387 e. The summed E-state index contributed by atoms with van der Waals surface area (Å²) in [5.41, 5.74) is 4.65. The molecular weight excluding hydrogens is 290 g/mol. The van der Waals surface area contributed by atoms with Gasteiger partial charge in [0.2, 0.25) is 0 Å². The minimum absolute atomic E-state index is 0.0909. The van der Waals surface area contributed by atoms with E-state index in [1.807, 2.05) is 0 Å². The number of hydrogen-bond donors (Lipinski definition) is 2. The molecule has 0 aliphatic carbocycles. The van der Waals surface area contributed by atoms with Crippen molar-refractivity contribution >= 4 is 17.9 Å². The zero-order valence-electron chi connectivity index (χ0n) is 10.8. The second-order valence-electron chi connectivity index (χ2n) is 3.81. The number of esters is 1. The fourth-order valence-electron chi connectivity index (χ4n) is 1.30. The Morgan fingerprint density at radius 2 is 1.95 bits per heavy atom. The molecule has 0 radical (unpaired) electrons. The van der Waals surface area contributed by atoms with Gasteiger partial charge in [-0.15, -0.1) is 0 Å². The van der Waals surface area contributed by atoms with Crippen LogP contribution in [0.5, 0.6) is 5.75 Å². The first-order valence-electron chi connectivity index (χ1n) is 5.65. The van der Waals surface area contributed by atoms with Crippen molar-refractivity contribution in [1.82, 2.24) is 5.32 Å². The molecule has 1 atom stereocenters. The van der Waals surface area contributed by atoms with E-state index in [1.54, 1.807) is 5.32 Å². The molecule has 3 N–H and O–H groups in total. The predicted octanol–water partition coefficient (Wildman–Crippen LogP) is 1.03. The first kappa shape index (κ1) is 16.3. The lowest BCUT2D eigenvalue weighted by Crippen LogP contribution is -2.42. The van der Waals surface area contributed by atoms with E-state index in [-0.39, 0.29) is 11.3 Å². The summed E-state index contributed by atoms with van der Waals surface area (Å²) in [5, 5.41) is 1.74. The van der Waals surface area contributed by atoms with Crippen LogP contribution in [0.1, 0.15) is 17.3 Å². The van der Waals surface area contributed by atoms with Gasteiger partial charge in [0, 0.05) is 0 Å². The van der Waals surface area contributed by atoms with Crippen LogP contribution < -0.4 is 15.8 Å². The Hall–Kier alpha value is -2.71. The van der Waals surface area contributed by atoms with Gasteiger partial charge in [-0.25, -0.2) is 9.59 Å². The van der Waals surface area contributed by atoms with Crippen molar-refractivity contribution in [2.45, 2.75) is 19.6 Å². The highest BCUT2D eigenvalue weighted by molar-refractivity contribution is 5.98. The smallest absolute Gasteiger partial charge is 0.387 e. The van der Waals surface area contributed by atoms with Crippen molar-refractivity contribution in [3.8, 4) is 5.75 Å². The van der Waals surface area contributed by atoms with E-state index in [2.05, 4.69) is 4.74 Å². The standard InChI is InChI=1S/C12H12F2N2O5/c1-6(9(17)16-12(15)19)20-10(18)7-3-2-4-8(5-7)21-11(13)14/h2-6,11H,1H3,(H3,15,16,17,19). The molecule has 9 heteroatoms. The third-order valence-corrected chi connectivity index (χ3v) is 2.19. The van der Waals surface area contributed by atoms with Crippen LogP contribution in [0.2, 0.25) is 0 Å². The van der Waals surface area contributed by atoms with Crippen LogP contribution in [-0.2, 0) is 9.53 Å². The lowest BCUT2D eigenvalue weighted by atomic mass is 10.2. The van der Waals surface area contributed by atoms with Crippen LogP contribution in [0.4, 0.5) is 13.6 Å². The SMILES string of the molecule is CC(OC(=O)c1cccc(OC(F)F)c1)C(=O)NC(N)=O. The number of urea groups is 1. The van der Waals surface area contributed by atoms with Gasteiger partial charge >= 0.3 is 18.6 Å². The van der Waals surface area contributed by atoms with Crippen LogP contribution in [0.15, 0.2) is 24.3 Å². The molecule has 0 fully saturated rings. The van der Waals surface area contributed by atoms with Gasteiger partial charge in [-0.2, -0.15) is 8.78 Å². The summed E-state index contributed by atoms with van der Waals surface area (Å²) in [6.07, 6.45) is -1.29. The number of carbonyl (C=O) groups is 3. The summed E-state index contributed by atoms with van der Waals surface area (Å²) >= 11 is 0. The van der Waals surface area contributed by atoms with Gasteiger partial charge < -0.3 is 15.2 Å². The van der Waals surface area contributed by atoms with E-state index in [0.717, 1.165) is 6.07 Å². The summed E-state index contributed by atoms with van der Waals surface area (Å²) < 4.78 is 33.0. The molecule has 3 amide bonds. The normalized spacial score (nSPS) is 11.6. The van der Waals surface area contributed by atoms with E-state index >= 15 is 0 Å². The average molecular weight is 302 g/mol. The first-order valence-corrected chi connectivity index (χ1v) is 5.65. The minimum Gasteiger partial charge on any atom is -0.449 e. The van der Waals surface area contributed by atoms with Crippen molar-refractivity contribution < 1.29 is 32.6 Å². The number of rotatable bonds is 5. The number of carbonyl (C=O) groups excluding carboxylic acids is 3.